The summed E-state index contributed by atoms with van der Waals surface area (Å²) < 4.78 is 31.8. The highest BCUT2D eigenvalue weighted by Gasteiger charge is 2.16. The molecule has 0 fully saturated rings. The number of carbonyl (C=O) groups excluding carboxylic acids is 1. The summed E-state index contributed by atoms with van der Waals surface area (Å²) in [4.78, 5) is 15.1. The SMILES string of the molecule is Cc1nc(CNS(=O)(=O)c2ccc(C(N)=O)cc2)oc1C. The Hall–Kier alpha value is -2.19. The minimum absolute atomic E-state index is 0.0347. The van der Waals surface area contributed by atoms with E-state index in [0.717, 1.165) is 5.69 Å². The van der Waals surface area contributed by atoms with Gasteiger partial charge >= 0.3 is 0 Å². The van der Waals surface area contributed by atoms with Gasteiger partial charge in [-0.2, -0.15) is 0 Å². The Kier molecular flexibility index (Phi) is 4.10. The molecule has 1 aromatic heterocycles. The minimum atomic E-state index is -3.71. The number of sulfonamides is 1. The molecule has 8 heteroatoms. The van der Waals surface area contributed by atoms with E-state index in [-0.39, 0.29) is 17.0 Å². The molecule has 0 unspecified atom stereocenters. The zero-order chi connectivity index (χ0) is 15.6. The van der Waals surface area contributed by atoms with Crippen LogP contribution < -0.4 is 10.5 Å². The van der Waals surface area contributed by atoms with Crippen molar-refractivity contribution in [3.63, 3.8) is 0 Å². The number of nitrogens with two attached hydrogens (primary N) is 1. The van der Waals surface area contributed by atoms with Crippen LogP contribution in [0.2, 0.25) is 0 Å². The maximum Gasteiger partial charge on any atom is 0.248 e. The predicted octanol–water partition coefficient (Wildman–Crippen LogP) is 0.869. The van der Waals surface area contributed by atoms with Crippen molar-refractivity contribution in [2.75, 3.05) is 0 Å². The lowest BCUT2D eigenvalue weighted by Gasteiger charge is -2.05. The number of aromatic nitrogens is 1. The third-order valence-electron chi connectivity index (χ3n) is 2.94. The largest absolute Gasteiger partial charge is 0.444 e. The number of nitrogens with one attached hydrogen (secondary N) is 1. The number of hydrogen-bond acceptors (Lipinski definition) is 5. The Bertz CT molecular complexity index is 744. The maximum absolute atomic E-state index is 12.1. The van der Waals surface area contributed by atoms with E-state index in [0.29, 0.717) is 11.7 Å². The number of carbonyl (C=O) groups is 1. The maximum atomic E-state index is 12.1. The second-order valence-electron chi connectivity index (χ2n) is 4.46. The van der Waals surface area contributed by atoms with Gasteiger partial charge in [0.05, 0.1) is 17.1 Å². The van der Waals surface area contributed by atoms with E-state index in [2.05, 4.69) is 9.71 Å². The van der Waals surface area contributed by atoms with Gasteiger partial charge in [-0.25, -0.2) is 18.1 Å². The molecule has 2 aromatic rings. The summed E-state index contributed by atoms with van der Waals surface area (Å²) in [6, 6.07) is 5.34. The van der Waals surface area contributed by atoms with E-state index in [4.69, 9.17) is 10.2 Å². The van der Waals surface area contributed by atoms with Crippen LogP contribution in [0.1, 0.15) is 27.7 Å². The van der Waals surface area contributed by atoms with Crippen LogP contribution in [0.4, 0.5) is 0 Å². The first-order valence-corrected chi connectivity index (χ1v) is 7.60. The molecule has 1 heterocycles. The summed E-state index contributed by atoms with van der Waals surface area (Å²) in [5.74, 6) is 0.329. The van der Waals surface area contributed by atoms with Crippen LogP contribution in [0, 0.1) is 13.8 Å². The minimum Gasteiger partial charge on any atom is -0.444 e. The van der Waals surface area contributed by atoms with E-state index < -0.39 is 15.9 Å². The first-order valence-electron chi connectivity index (χ1n) is 6.12. The molecule has 0 bridgehead atoms. The summed E-state index contributed by atoms with van der Waals surface area (Å²) in [6.45, 7) is 3.48. The molecule has 0 aliphatic carbocycles. The molecule has 0 spiro atoms. The van der Waals surface area contributed by atoms with E-state index in [1.165, 1.54) is 24.3 Å². The van der Waals surface area contributed by atoms with Gasteiger partial charge in [0.15, 0.2) is 0 Å². The van der Waals surface area contributed by atoms with E-state index in [9.17, 15) is 13.2 Å². The highest BCUT2D eigenvalue weighted by Crippen LogP contribution is 2.12. The lowest BCUT2D eigenvalue weighted by molar-refractivity contribution is 0.1000. The normalized spacial score (nSPS) is 11.5. The number of primary amides is 1. The van der Waals surface area contributed by atoms with Crippen molar-refractivity contribution in [2.45, 2.75) is 25.3 Å². The van der Waals surface area contributed by atoms with Crippen LogP contribution in [0.3, 0.4) is 0 Å². The Morgan fingerprint density at radius 3 is 2.38 bits per heavy atom. The first kappa shape index (κ1) is 15.2. The second-order valence-corrected chi connectivity index (χ2v) is 6.23. The highest BCUT2D eigenvalue weighted by molar-refractivity contribution is 7.89. The quantitative estimate of drug-likeness (QED) is 0.850. The average molecular weight is 309 g/mol. The fourth-order valence-corrected chi connectivity index (χ4v) is 2.63. The molecular formula is C13H15N3O4S. The van der Waals surface area contributed by atoms with E-state index >= 15 is 0 Å². The Morgan fingerprint density at radius 2 is 1.90 bits per heavy atom. The molecule has 1 amide bonds. The van der Waals surface area contributed by atoms with Gasteiger partial charge in [-0.05, 0) is 38.1 Å². The van der Waals surface area contributed by atoms with Gasteiger partial charge in [-0.3, -0.25) is 4.79 Å². The average Bonchev–Trinajstić information content (AvgIpc) is 2.76. The van der Waals surface area contributed by atoms with Gasteiger partial charge in [0.2, 0.25) is 21.8 Å². The third kappa shape index (κ3) is 3.47. The molecular weight excluding hydrogens is 294 g/mol. The smallest absolute Gasteiger partial charge is 0.248 e. The summed E-state index contributed by atoms with van der Waals surface area (Å²) >= 11 is 0. The van der Waals surface area contributed by atoms with Crippen molar-refractivity contribution in [3.05, 3.63) is 47.2 Å². The Labute approximate surface area is 122 Å². The van der Waals surface area contributed by atoms with Gasteiger partial charge in [-0.15, -0.1) is 0 Å². The van der Waals surface area contributed by atoms with Gasteiger partial charge in [0, 0.05) is 5.56 Å². The van der Waals surface area contributed by atoms with E-state index in [1.807, 2.05) is 0 Å². The molecule has 0 saturated heterocycles. The van der Waals surface area contributed by atoms with Crippen molar-refractivity contribution in [1.82, 2.24) is 9.71 Å². The summed E-state index contributed by atoms with van der Waals surface area (Å²) in [6.07, 6.45) is 0. The molecule has 112 valence electrons. The van der Waals surface area contributed by atoms with Gasteiger partial charge in [0.25, 0.3) is 0 Å². The monoisotopic (exact) mass is 309 g/mol. The molecule has 0 saturated carbocycles. The second kappa shape index (κ2) is 5.66. The topological polar surface area (TPSA) is 115 Å². The standard InChI is InChI=1S/C13H15N3O4S/c1-8-9(2)20-12(16-8)7-15-21(18,19)11-5-3-10(4-6-11)13(14)17/h3-6,15H,7H2,1-2H3,(H2,14,17). The lowest BCUT2D eigenvalue weighted by Crippen LogP contribution is -2.23. The molecule has 0 aliphatic heterocycles. The number of oxazole rings is 1. The van der Waals surface area contributed by atoms with Crippen molar-refractivity contribution < 1.29 is 17.6 Å². The zero-order valence-electron chi connectivity index (χ0n) is 11.6. The fourth-order valence-electron chi connectivity index (χ4n) is 1.65. The van der Waals surface area contributed by atoms with E-state index in [1.54, 1.807) is 13.8 Å². The number of rotatable bonds is 5. The number of aryl methyl sites for hydroxylation is 2. The van der Waals surface area contributed by atoms with Gasteiger partial charge in [-0.1, -0.05) is 0 Å². The van der Waals surface area contributed by atoms with Gasteiger partial charge < -0.3 is 10.2 Å². The van der Waals surface area contributed by atoms with Crippen molar-refractivity contribution in [2.24, 2.45) is 5.73 Å². The molecule has 0 atom stereocenters. The van der Waals surface area contributed by atoms with Crippen molar-refractivity contribution in [1.29, 1.82) is 0 Å². The Balaban J connectivity index is 2.12. The third-order valence-corrected chi connectivity index (χ3v) is 4.35. The van der Waals surface area contributed by atoms with Crippen LogP contribution in [0.5, 0.6) is 0 Å². The number of hydrogen-bond donors (Lipinski definition) is 2. The van der Waals surface area contributed by atoms with Crippen LogP contribution in [-0.4, -0.2) is 19.3 Å². The molecule has 3 N–H and O–H groups in total. The molecule has 0 radical (unpaired) electrons. The molecule has 1 aromatic carbocycles. The highest BCUT2D eigenvalue weighted by atomic mass is 32.2. The van der Waals surface area contributed by atoms with Crippen LogP contribution in [-0.2, 0) is 16.6 Å². The number of amides is 1. The number of nitrogens with zero attached hydrogens (tertiary/aromatic N) is 1. The van der Waals surface area contributed by atoms with Crippen LogP contribution in [0.15, 0.2) is 33.6 Å². The van der Waals surface area contributed by atoms with Crippen molar-refractivity contribution >= 4 is 15.9 Å². The lowest BCUT2D eigenvalue weighted by atomic mass is 10.2. The summed E-state index contributed by atoms with van der Waals surface area (Å²) in [7, 11) is -3.71. The summed E-state index contributed by atoms with van der Waals surface area (Å²) in [5, 5.41) is 0. The molecule has 0 aliphatic rings. The predicted molar refractivity (Wildman–Crippen MR) is 75.0 cm³/mol. The van der Waals surface area contributed by atoms with Crippen molar-refractivity contribution in [3.8, 4) is 0 Å². The zero-order valence-corrected chi connectivity index (χ0v) is 12.4. The number of benzene rings is 1. The summed E-state index contributed by atoms with van der Waals surface area (Å²) in [5.41, 5.74) is 6.06. The molecule has 7 nitrogen and oxygen atoms in total. The first-order chi connectivity index (χ1) is 9.79. The molecule has 21 heavy (non-hydrogen) atoms. The van der Waals surface area contributed by atoms with Crippen LogP contribution >= 0.6 is 0 Å². The fraction of sp³-hybridized carbons (Fsp3) is 0.231. The van der Waals surface area contributed by atoms with Crippen LogP contribution in [0.25, 0.3) is 0 Å². The van der Waals surface area contributed by atoms with Gasteiger partial charge in [0.1, 0.15) is 5.76 Å². The molecule has 2 rings (SSSR count). The Morgan fingerprint density at radius 1 is 1.29 bits per heavy atom.